The van der Waals surface area contributed by atoms with Crippen LogP contribution in [0.2, 0.25) is 5.15 Å². The van der Waals surface area contributed by atoms with Crippen LogP contribution in [-0.2, 0) is 6.54 Å². The number of nitrogens with zero attached hydrogens (tertiary/aromatic N) is 2. The summed E-state index contributed by atoms with van der Waals surface area (Å²) in [5.41, 5.74) is 5.02. The Balaban J connectivity index is 2.38. The first-order valence-electron chi connectivity index (χ1n) is 5.39. The summed E-state index contributed by atoms with van der Waals surface area (Å²) in [6, 6.07) is 3.85. The summed E-state index contributed by atoms with van der Waals surface area (Å²) < 4.78 is 15.3. The van der Waals surface area contributed by atoms with Crippen molar-refractivity contribution in [2.75, 3.05) is 0 Å². The van der Waals surface area contributed by atoms with Crippen molar-refractivity contribution in [3.05, 3.63) is 60.5 Å². The number of nitrogens with two attached hydrogens (primary N) is 1. The molecule has 5 nitrogen and oxygen atoms in total. The number of carbonyl (C=O) groups is 1. The first-order chi connectivity index (χ1) is 9.40. The van der Waals surface area contributed by atoms with Crippen molar-refractivity contribution in [3.8, 4) is 0 Å². The Hall–Kier alpha value is -1.48. The van der Waals surface area contributed by atoms with Gasteiger partial charge in [-0.1, -0.05) is 17.7 Å². The zero-order valence-corrected chi connectivity index (χ0v) is 12.9. The topological polar surface area (TPSA) is 78.0 Å². The van der Waals surface area contributed by atoms with E-state index in [4.69, 9.17) is 17.3 Å². The van der Waals surface area contributed by atoms with Gasteiger partial charge in [0.25, 0.3) is 5.56 Å². The first kappa shape index (κ1) is 14.9. The summed E-state index contributed by atoms with van der Waals surface area (Å²) in [6.07, 6.45) is 1.24. The van der Waals surface area contributed by atoms with Gasteiger partial charge in [-0.3, -0.25) is 14.2 Å². The highest BCUT2D eigenvalue weighted by atomic mass is 127. The second kappa shape index (κ2) is 5.88. The minimum Gasteiger partial charge on any atom is -0.366 e. The fourth-order valence-electron chi connectivity index (χ4n) is 1.57. The maximum absolute atomic E-state index is 13.8. The number of hydrogen-bond acceptors (Lipinski definition) is 3. The van der Waals surface area contributed by atoms with Gasteiger partial charge in [0.1, 0.15) is 14.5 Å². The van der Waals surface area contributed by atoms with Gasteiger partial charge >= 0.3 is 0 Å². The Morgan fingerprint density at radius 1 is 1.50 bits per heavy atom. The molecule has 0 atom stereocenters. The number of benzene rings is 1. The summed E-state index contributed by atoms with van der Waals surface area (Å²) in [7, 11) is 0. The Kier molecular flexibility index (Phi) is 4.39. The third-order valence-electron chi connectivity index (χ3n) is 2.62. The lowest BCUT2D eigenvalue weighted by atomic mass is 10.1. The van der Waals surface area contributed by atoms with Gasteiger partial charge < -0.3 is 5.73 Å². The highest BCUT2D eigenvalue weighted by Gasteiger charge is 2.11. The van der Waals surface area contributed by atoms with Crippen molar-refractivity contribution in [1.29, 1.82) is 0 Å². The van der Waals surface area contributed by atoms with Crippen LogP contribution in [0, 0.1) is 9.39 Å². The van der Waals surface area contributed by atoms with Crippen LogP contribution in [0.4, 0.5) is 4.39 Å². The number of rotatable bonds is 3. The molecule has 0 fully saturated rings. The van der Waals surface area contributed by atoms with E-state index >= 15 is 0 Å². The second-order valence-corrected chi connectivity index (χ2v) is 5.39. The smallest absolute Gasteiger partial charge is 0.268 e. The van der Waals surface area contributed by atoms with Gasteiger partial charge in [-0.05, 0) is 34.7 Å². The van der Waals surface area contributed by atoms with E-state index in [9.17, 15) is 14.0 Å². The van der Waals surface area contributed by atoms with Gasteiger partial charge in [0.05, 0.1) is 12.9 Å². The molecule has 1 amide bonds. The largest absolute Gasteiger partial charge is 0.366 e. The van der Waals surface area contributed by atoms with Crippen molar-refractivity contribution in [3.63, 3.8) is 0 Å². The van der Waals surface area contributed by atoms with Crippen LogP contribution in [0.5, 0.6) is 0 Å². The maximum Gasteiger partial charge on any atom is 0.268 e. The molecular weight excluding hydrogens is 400 g/mol. The van der Waals surface area contributed by atoms with Crippen molar-refractivity contribution in [2.45, 2.75) is 6.54 Å². The normalized spacial score (nSPS) is 10.6. The van der Waals surface area contributed by atoms with Gasteiger partial charge in [0, 0.05) is 11.1 Å². The third-order valence-corrected chi connectivity index (χ3v) is 4.20. The molecule has 20 heavy (non-hydrogen) atoms. The molecule has 2 rings (SSSR count). The number of aromatic nitrogens is 2. The van der Waals surface area contributed by atoms with Crippen LogP contribution >= 0.6 is 34.2 Å². The molecule has 0 aliphatic rings. The molecule has 0 aliphatic heterocycles. The quantitative estimate of drug-likeness (QED) is 0.622. The molecule has 1 aromatic heterocycles. The Labute approximate surface area is 131 Å². The Bertz CT molecular complexity index is 748. The summed E-state index contributed by atoms with van der Waals surface area (Å²) >= 11 is 7.50. The van der Waals surface area contributed by atoms with E-state index in [1.807, 2.05) is 0 Å². The van der Waals surface area contributed by atoms with Crippen LogP contribution in [0.15, 0.2) is 29.3 Å². The molecular formula is C12H8ClFIN3O2. The number of primary amides is 1. The second-order valence-electron chi connectivity index (χ2n) is 3.95. The first-order valence-corrected chi connectivity index (χ1v) is 6.84. The molecule has 0 unspecified atom stereocenters. The highest BCUT2D eigenvalue weighted by Crippen LogP contribution is 2.13. The Morgan fingerprint density at radius 2 is 2.20 bits per heavy atom. The molecule has 0 spiro atoms. The maximum atomic E-state index is 13.8. The summed E-state index contributed by atoms with van der Waals surface area (Å²) in [4.78, 5) is 26.7. The minimum atomic E-state index is -0.713. The third kappa shape index (κ3) is 2.98. The molecule has 1 aromatic carbocycles. The van der Waals surface area contributed by atoms with Gasteiger partial charge in [0.2, 0.25) is 5.91 Å². The molecule has 104 valence electrons. The monoisotopic (exact) mass is 407 g/mol. The zero-order chi connectivity index (χ0) is 14.9. The van der Waals surface area contributed by atoms with Gasteiger partial charge in [-0.2, -0.15) is 0 Å². The molecule has 0 bridgehead atoms. The Morgan fingerprint density at radius 3 is 2.80 bits per heavy atom. The molecule has 1 heterocycles. The lowest BCUT2D eigenvalue weighted by Crippen LogP contribution is -2.24. The highest BCUT2D eigenvalue weighted by molar-refractivity contribution is 14.1. The SMILES string of the molecule is NC(=O)c1ccc(Cn2cnc(Cl)c(I)c2=O)c(F)c1. The summed E-state index contributed by atoms with van der Waals surface area (Å²) in [5, 5.41) is 0.108. The lowest BCUT2D eigenvalue weighted by Gasteiger charge is -2.08. The molecule has 0 saturated carbocycles. The van der Waals surface area contributed by atoms with Crippen molar-refractivity contribution < 1.29 is 9.18 Å². The van der Waals surface area contributed by atoms with Gasteiger partial charge in [-0.25, -0.2) is 9.37 Å². The molecule has 2 N–H and O–H groups in total. The standard InChI is InChI=1S/C12H8ClFIN3O2/c13-10-9(15)12(20)18(5-17-10)4-7-2-1-6(11(16)19)3-8(7)14/h1-3,5H,4H2,(H2,16,19). The van der Waals surface area contributed by atoms with E-state index in [0.717, 1.165) is 6.07 Å². The zero-order valence-electron chi connectivity index (χ0n) is 9.94. The lowest BCUT2D eigenvalue weighted by molar-refractivity contribution is 0.1000. The van der Waals surface area contributed by atoms with E-state index in [0.29, 0.717) is 0 Å². The van der Waals surface area contributed by atoms with Gasteiger partial charge in [-0.15, -0.1) is 0 Å². The van der Waals surface area contributed by atoms with Crippen LogP contribution in [0.1, 0.15) is 15.9 Å². The summed E-state index contributed by atoms with van der Waals surface area (Å²) in [5.74, 6) is -1.33. The molecule has 0 radical (unpaired) electrons. The number of carbonyl (C=O) groups excluding carboxylic acids is 1. The number of hydrogen-bond donors (Lipinski definition) is 1. The molecule has 0 saturated heterocycles. The predicted octanol–water partition coefficient (Wildman–Crippen LogP) is 1.79. The number of halogens is 3. The molecule has 2 aromatic rings. The van der Waals surface area contributed by atoms with E-state index < -0.39 is 11.7 Å². The van der Waals surface area contributed by atoms with E-state index in [1.54, 1.807) is 22.6 Å². The predicted molar refractivity (Wildman–Crippen MR) is 80.2 cm³/mol. The molecule has 8 heteroatoms. The fraction of sp³-hybridized carbons (Fsp3) is 0.0833. The number of amides is 1. The van der Waals surface area contributed by atoms with E-state index in [1.165, 1.54) is 23.0 Å². The summed E-state index contributed by atoms with van der Waals surface area (Å²) in [6.45, 7) is -0.0100. The van der Waals surface area contributed by atoms with E-state index in [2.05, 4.69) is 4.98 Å². The molecule has 0 aliphatic carbocycles. The van der Waals surface area contributed by atoms with E-state index in [-0.39, 0.29) is 32.0 Å². The fourth-order valence-corrected chi connectivity index (χ4v) is 2.14. The van der Waals surface area contributed by atoms with Crippen molar-refractivity contribution in [2.24, 2.45) is 5.73 Å². The van der Waals surface area contributed by atoms with Crippen molar-refractivity contribution >= 4 is 40.1 Å². The van der Waals surface area contributed by atoms with Crippen LogP contribution < -0.4 is 11.3 Å². The van der Waals surface area contributed by atoms with Crippen molar-refractivity contribution in [1.82, 2.24) is 9.55 Å². The van der Waals surface area contributed by atoms with Gasteiger partial charge in [0.15, 0.2) is 0 Å². The van der Waals surface area contributed by atoms with Crippen LogP contribution in [0.25, 0.3) is 0 Å². The average molecular weight is 408 g/mol. The van der Waals surface area contributed by atoms with Crippen LogP contribution in [0.3, 0.4) is 0 Å². The average Bonchev–Trinajstić information content (AvgIpc) is 2.41. The van der Waals surface area contributed by atoms with Crippen LogP contribution in [-0.4, -0.2) is 15.5 Å². The minimum absolute atomic E-state index is 0.0100.